The second kappa shape index (κ2) is 14.4. The highest BCUT2D eigenvalue weighted by Crippen LogP contribution is 2.19. The first kappa shape index (κ1) is 31.3. The van der Waals surface area contributed by atoms with E-state index in [1.807, 2.05) is 24.3 Å². The molecule has 4 amide bonds. The maximum atomic E-state index is 13.3. The fourth-order valence-corrected chi connectivity index (χ4v) is 4.21. The standard InChI is InChI=1S/C26H32N8O8/c27-16(7-13-10-30-17-4-2-1-3-15(13)17)23(38)32-18(5-6-21(28)35)24(39)33-19(8-14-11-29-12-31-14)25(40)34-20(26(41)42)9-22(36)37/h1-4,10-12,16,18-20,30H,5-9,27H2,(H2,28,35)(H,29,31)(H,32,38)(H,33,39)(H,34,40)(H,36,37)(H,41,42). The van der Waals surface area contributed by atoms with Gasteiger partial charge in [0.1, 0.15) is 18.1 Å². The lowest BCUT2D eigenvalue weighted by Gasteiger charge is -2.24. The van der Waals surface area contributed by atoms with Gasteiger partial charge in [-0.1, -0.05) is 18.2 Å². The summed E-state index contributed by atoms with van der Waals surface area (Å²) < 4.78 is 0. The van der Waals surface area contributed by atoms with Gasteiger partial charge in [0.25, 0.3) is 0 Å². The van der Waals surface area contributed by atoms with Crippen molar-refractivity contribution in [2.45, 2.75) is 56.3 Å². The molecular weight excluding hydrogens is 552 g/mol. The van der Waals surface area contributed by atoms with Gasteiger partial charge in [0.15, 0.2) is 0 Å². The SMILES string of the molecule is NC(=O)CCC(NC(=O)C(N)Cc1c[nH]c2ccccc12)C(=O)NC(Cc1cnc[nH]1)C(=O)NC(CC(=O)O)C(=O)O. The van der Waals surface area contributed by atoms with Crippen LogP contribution in [0.25, 0.3) is 10.9 Å². The maximum Gasteiger partial charge on any atom is 0.326 e. The van der Waals surface area contributed by atoms with Crippen LogP contribution < -0.4 is 27.4 Å². The van der Waals surface area contributed by atoms with Crippen LogP contribution in [0.2, 0.25) is 0 Å². The fraction of sp³-hybridized carbons (Fsp3) is 0.346. The van der Waals surface area contributed by atoms with Crippen molar-refractivity contribution >= 4 is 46.5 Å². The number of primary amides is 1. The highest BCUT2D eigenvalue weighted by Gasteiger charge is 2.32. The van der Waals surface area contributed by atoms with Crippen LogP contribution in [0, 0.1) is 0 Å². The molecule has 2 aromatic heterocycles. The number of aromatic amines is 2. The second-order valence-corrected chi connectivity index (χ2v) is 9.58. The van der Waals surface area contributed by atoms with E-state index >= 15 is 0 Å². The van der Waals surface area contributed by atoms with Crippen LogP contribution in [0.5, 0.6) is 0 Å². The van der Waals surface area contributed by atoms with Gasteiger partial charge < -0.3 is 47.6 Å². The van der Waals surface area contributed by atoms with E-state index in [2.05, 4.69) is 30.9 Å². The number of carbonyl (C=O) groups excluding carboxylic acids is 4. The molecule has 0 aliphatic rings. The molecule has 1 aromatic carbocycles. The molecule has 3 aromatic rings. The number of aromatic nitrogens is 3. The van der Waals surface area contributed by atoms with Crippen molar-refractivity contribution in [3.63, 3.8) is 0 Å². The van der Waals surface area contributed by atoms with Crippen LogP contribution in [0.1, 0.15) is 30.5 Å². The Labute approximate surface area is 238 Å². The average Bonchev–Trinajstić information content (AvgIpc) is 3.59. The lowest BCUT2D eigenvalue weighted by atomic mass is 10.0. The topological polar surface area (TPSA) is 275 Å². The summed E-state index contributed by atoms with van der Waals surface area (Å²) >= 11 is 0. The number of carbonyl (C=O) groups is 6. The van der Waals surface area contributed by atoms with Crippen molar-refractivity contribution in [2.24, 2.45) is 11.5 Å². The number of hydrogen-bond acceptors (Lipinski definition) is 8. The summed E-state index contributed by atoms with van der Waals surface area (Å²) in [4.78, 5) is 83.0. The molecule has 0 bridgehead atoms. The smallest absolute Gasteiger partial charge is 0.326 e. The van der Waals surface area contributed by atoms with Crippen LogP contribution in [-0.2, 0) is 41.6 Å². The molecule has 16 heteroatoms. The van der Waals surface area contributed by atoms with E-state index in [9.17, 15) is 33.9 Å². The molecule has 4 atom stereocenters. The first-order valence-electron chi connectivity index (χ1n) is 12.9. The quantitative estimate of drug-likeness (QED) is 0.0918. The van der Waals surface area contributed by atoms with Crippen molar-refractivity contribution in [3.05, 3.63) is 54.2 Å². The lowest BCUT2D eigenvalue weighted by molar-refractivity contribution is -0.147. The van der Waals surface area contributed by atoms with E-state index in [0.717, 1.165) is 16.5 Å². The normalized spacial score (nSPS) is 13.8. The number of carboxylic acids is 2. The monoisotopic (exact) mass is 584 g/mol. The van der Waals surface area contributed by atoms with Gasteiger partial charge >= 0.3 is 11.9 Å². The fourth-order valence-electron chi connectivity index (χ4n) is 4.21. The summed E-state index contributed by atoms with van der Waals surface area (Å²) in [5.41, 5.74) is 13.4. The van der Waals surface area contributed by atoms with Crippen LogP contribution >= 0.6 is 0 Å². The number of para-hydroxylation sites is 1. The van der Waals surface area contributed by atoms with Crippen molar-refractivity contribution < 1.29 is 39.0 Å². The lowest BCUT2D eigenvalue weighted by Crippen LogP contribution is -2.58. The van der Waals surface area contributed by atoms with Crippen molar-refractivity contribution in [3.8, 4) is 0 Å². The van der Waals surface area contributed by atoms with Crippen molar-refractivity contribution in [1.29, 1.82) is 0 Å². The Balaban J connectivity index is 1.75. The van der Waals surface area contributed by atoms with E-state index in [1.165, 1.54) is 12.5 Å². The van der Waals surface area contributed by atoms with E-state index < -0.39 is 66.2 Å². The zero-order valence-corrected chi connectivity index (χ0v) is 22.3. The highest BCUT2D eigenvalue weighted by molar-refractivity contribution is 5.95. The minimum atomic E-state index is -1.77. The first-order chi connectivity index (χ1) is 19.9. The highest BCUT2D eigenvalue weighted by atomic mass is 16.4. The van der Waals surface area contributed by atoms with E-state index in [1.54, 1.807) is 6.20 Å². The maximum absolute atomic E-state index is 13.3. The Morgan fingerprint density at radius 1 is 0.881 bits per heavy atom. The summed E-state index contributed by atoms with van der Waals surface area (Å²) in [6.45, 7) is 0. The molecule has 0 spiro atoms. The Bertz CT molecular complexity index is 1440. The molecule has 0 saturated carbocycles. The molecule has 224 valence electrons. The summed E-state index contributed by atoms with van der Waals surface area (Å²) in [6, 6.07) is 1.81. The molecule has 11 N–H and O–H groups in total. The predicted molar refractivity (Wildman–Crippen MR) is 146 cm³/mol. The molecule has 4 unspecified atom stereocenters. The summed E-state index contributed by atoms with van der Waals surface area (Å²) in [5.74, 6) is -6.37. The third kappa shape index (κ3) is 8.88. The number of amides is 4. The van der Waals surface area contributed by atoms with Gasteiger partial charge in [-0.15, -0.1) is 0 Å². The van der Waals surface area contributed by atoms with Crippen LogP contribution in [0.15, 0.2) is 43.0 Å². The zero-order valence-electron chi connectivity index (χ0n) is 22.3. The third-order valence-corrected chi connectivity index (χ3v) is 6.37. The summed E-state index contributed by atoms with van der Waals surface area (Å²) in [5, 5.41) is 26.2. The molecule has 0 aliphatic heterocycles. The van der Waals surface area contributed by atoms with Crippen molar-refractivity contribution in [1.82, 2.24) is 30.9 Å². The number of imidazole rings is 1. The number of fused-ring (bicyclic) bond motifs is 1. The number of nitrogens with one attached hydrogen (secondary N) is 5. The first-order valence-corrected chi connectivity index (χ1v) is 12.9. The molecular formula is C26H32N8O8. The molecule has 0 radical (unpaired) electrons. The Hall–Kier alpha value is -5.25. The minimum absolute atomic E-state index is 0.130. The number of aliphatic carboxylic acids is 2. The van der Waals surface area contributed by atoms with Gasteiger partial charge in [0, 0.05) is 41.8 Å². The predicted octanol–water partition coefficient (Wildman–Crippen LogP) is -1.72. The number of nitrogens with two attached hydrogens (primary N) is 2. The average molecular weight is 585 g/mol. The van der Waals surface area contributed by atoms with Crippen LogP contribution in [0.3, 0.4) is 0 Å². The van der Waals surface area contributed by atoms with E-state index in [4.69, 9.17) is 16.6 Å². The molecule has 16 nitrogen and oxygen atoms in total. The molecule has 3 rings (SSSR count). The number of carboxylic acid groups (broad SMARTS) is 2. The number of benzene rings is 1. The van der Waals surface area contributed by atoms with E-state index in [0.29, 0.717) is 5.69 Å². The van der Waals surface area contributed by atoms with Gasteiger partial charge in [0.2, 0.25) is 23.6 Å². The number of rotatable bonds is 16. The van der Waals surface area contributed by atoms with Crippen LogP contribution in [0.4, 0.5) is 0 Å². The van der Waals surface area contributed by atoms with Crippen molar-refractivity contribution in [2.75, 3.05) is 0 Å². The van der Waals surface area contributed by atoms with Gasteiger partial charge in [-0.3, -0.25) is 24.0 Å². The largest absolute Gasteiger partial charge is 0.481 e. The molecule has 0 aliphatic carbocycles. The van der Waals surface area contributed by atoms with Gasteiger partial charge in [0.05, 0.1) is 18.8 Å². The number of nitrogens with zero attached hydrogens (tertiary/aromatic N) is 1. The van der Waals surface area contributed by atoms with Crippen LogP contribution in [-0.4, -0.2) is 84.9 Å². The Kier molecular flexibility index (Phi) is 10.7. The van der Waals surface area contributed by atoms with E-state index in [-0.39, 0.29) is 25.7 Å². The zero-order chi connectivity index (χ0) is 30.8. The van der Waals surface area contributed by atoms with Gasteiger partial charge in [-0.2, -0.15) is 0 Å². The molecule has 42 heavy (non-hydrogen) atoms. The summed E-state index contributed by atoms with van der Waals surface area (Å²) in [7, 11) is 0. The van der Waals surface area contributed by atoms with Gasteiger partial charge in [-0.25, -0.2) is 9.78 Å². The molecule has 0 fully saturated rings. The Morgan fingerprint density at radius 3 is 2.19 bits per heavy atom. The molecule has 2 heterocycles. The number of H-pyrrole nitrogens is 2. The van der Waals surface area contributed by atoms with Gasteiger partial charge in [-0.05, 0) is 24.5 Å². The Morgan fingerprint density at radius 2 is 1.55 bits per heavy atom. The summed E-state index contributed by atoms with van der Waals surface area (Å²) in [6.07, 6.45) is 2.95. The molecule has 0 saturated heterocycles. The third-order valence-electron chi connectivity index (χ3n) is 6.37. The minimum Gasteiger partial charge on any atom is -0.481 e. The second-order valence-electron chi connectivity index (χ2n) is 9.58. The number of hydrogen-bond donors (Lipinski definition) is 9.